The van der Waals surface area contributed by atoms with Gasteiger partial charge in [-0.15, -0.1) is 10.2 Å². The number of halogens is 1. The number of pyridine rings is 2. The highest BCUT2D eigenvalue weighted by Gasteiger charge is 2.22. The van der Waals surface area contributed by atoms with Gasteiger partial charge in [-0.05, 0) is 47.0 Å². The zero-order valence-electron chi connectivity index (χ0n) is 11.5. The minimum Gasteiger partial charge on any atom is -0.371 e. The number of hydrogen-bond acceptors (Lipinski definition) is 7. The summed E-state index contributed by atoms with van der Waals surface area (Å²) >= 11 is 4.92. The Kier molecular flexibility index (Phi) is 3.73. The van der Waals surface area contributed by atoms with Gasteiger partial charge in [-0.25, -0.2) is 4.98 Å². The number of rotatable bonds is 3. The van der Waals surface area contributed by atoms with E-state index in [4.69, 9.17) is 4.74 Å². The summed E-state index contributed by atoms with van der Waals surface area (Å²) in [6.07, 6.45) is 3.96. The Morgan fingerprint density at radius 1 is 1.27 bits per heavy atom. The summed E-state index contributed by atoms with van der Waals surface area (Å²) in [5.74, 6) is 0.724. The third kappa shape index (κ3) is 2.81. The molecule has 8 heteroatoms. The number of hydrogen-bond donors (Lipinski definition) is 1. The lowest BCUT2D eigenvalue weighted by Crippen LogP contribution is -1.94. The monoisotopic (exact) mass is 377 g/mol. The maximum absolute atomic E-state index is 5.62. The maximum Gasteiger partial charge on any atom is 0.211 e. The molecule has 112 valence electrons. The van der Waals surface area contributed by atoms with Crippen LogP contribution in [-0.2, 0) is 4.74 Å². The maximum atomic E-state index is 5.62. The molecule has 4 rings (SSSR count). The molecule has 0 radical (unpaired) electrons. The highest BCUT2D eigenvalue weighted by atomic mass is 79.9. The van der Waals surface area contributed by atoms with Crippen LogP contribution in [0.3, 0.4) is 0 Å². The van der Waals surface area contributed by atoms with Crippen molar-refractivity contribution in [1.29, 1.82) is 0 Å². The van der Waals surface area contributed by atoms with Crippen LogP contribution in [0, 0.1) is 0 Å². The molecule has 0 saturated carbocycles. The van der Waals surface area contributed by atoms with Gasteiger partial charge in [-0.3, -0.25) is 4.98 Å². The second-order valence-corrected chi connectivity index (χ2v) is 6.89. The Balaban J connectivity index is 1.57. The van der Waals surface area contributed by atoms with Crippen molar-refractivity contribution in [2.75, 3.05) is 11.9 Å². The lowest BCUT2D eigenvalue weighted by molar-refractivity contribution is 0.111. The Bertz CT molecular complexity index is 818. The fourth-order valence-electron chi connectivity index (χ4n) is 2.35. The molecule has 6 nitrogen and oxygen atoms in total. The van der Waals surface area contributed by atoms with Gasteiger partial charge in [0.05, 0.1) is 11.0 Å². The zero-order valence-corrected chi connectivity index (χ0v) is 13.9. The van der Waals surface area contributed by atoms with Crippen LogP contribution in [0.2, 0.25) is 0 Å². The van der Waals surface area contributed by atoms with Crippen molar-refractivity contribution in [2.45, 2.75) is 18.9 Å². The van der Waals surface area contributed by atoms with E-state index in [1.54, 1.807) is 6.20 Å². The molecular weight excluding hydrogens is 366 g/mol. The molecule has 0 aromatic carbocycles. The highest BCUT2D eigenvalue weighted by molar-refractivity contribution is 9.10. The van der Waals surface area contributed by atoms with Crippen molar-refractivity contribution >= 4 is 49.2 Å². The minimum atomic E-state index is 0.0952. The third-order valence-electron chi connectivity index (χ3n) is 3.38. The van der Waals surface area contributed by atoms with Gasteiger partial charge in [0.2, 0.25) is 5.13 Å². The summed E-state index contributed by atoms with van der Waals surface area (Å²) in [7, 11) is 0. The molecule has 1 aliphatic heterocycles. The van der Waals surface area contributed by atoms with Gasteiger partial charge in [0.25, 0.3) is 0 Å². The number of nitrogens with zero attached hydrogens (tertiary/aromatic N) is 4. The normalized spacial score (nSPS) is 18.0. The topological polar surface area (TPSA) is 72.8 Å². The molecule has 3 aromatic heterocycles. The van der Waals surface area contributed by atoms with Crippen LogP contribution in [0.5, 0.6) is 0 Å². The average molecular weight is 378 g/mol. The largest absolute Gasteiger partial charge is 0.371 e. The van der Waals surface area contributed by atoms with Crippen LogP contribution in [0.1, 0.15) is 24.0 Å². The Morgan fingerprint density at radius 3 is 3.09 bits per heavy atom. The summed E-state index contributed by atoms with van der Waals surface area (Å²) in [6.45, 7) is 0.807. The predicted octanol–water partition coefficient (Wildman–Crippen LogP) is 3.84. The van der Waals surface area contributed by atoms with Gasteiger partial charge < -0.3 is 10.1 Å². The van der Waals surface area contributed by atoms with Gasteiger partial charge in [0.1, 0.15) is 16.9 Å². The molecule has 0 spiro atoms. The Hall–Kier alpha value is -1.64. The van der Waals surface area contributed by atoms with Crippen LogP contribution in [0.4, 0.5) is 10.9 Å². The van der Waals surface area contributed by atoms with Gasteiger partial charge in [0.15, 0.2) is 0 Å². The molecule has 0 amide bonds. The summed E-state index contributed by atoms with van der Waals surface area (Å²) in [6, 6.07) is 5.75. The smallest absolute Gasteiger partial charge is 0.211 e. The first-order valence-electron chi connectivity index (χ1n) is 6.92. The molecule has 1 aliphatic rings. The molecule has 1 N–H and O–H groups in total. The van der Waals surface area contributed by atoms with Crippen molar-refractivity contribution in [3.63, 3.8) is 0 Å². The standard InChI is InChI=1S/C14H12BrN5OS/c15-8-6-10-9(16-7-8)3-4-12(17-10)18-14-20-19-13(22-14)11-2-1-5-21-11/h3-4,6-7,11H,1-2,5H2,(H,17,18,20). The van der Waals surface area contributed by atoms with Crippen molar-refractivity contribution in [3.8, 4) is 0 Å². The lowest BCUT2D eigenvalue weighted by Gasteiger charge is -2.04. The van der Waals surface area contributed by atoms with Crippen LogP contribution >= 0.6 is 27.3 Å². The molecule has 1 unspecified atom stereocenters. The molecule has 3 aromatic rings. The van der Waals surface area contributed by atoms with E-state index in [1.165, 1.54) is 11.3 Å². The second-order valence-electron chi connectivity index (χ2n) is 4.96. The predicted molar refractivity (Wildman–Crippen MR) is 88.4 cm³/mol. The molecule has 1 atom stereocenters. The van der Waals surface area contributed by atoms with Crippen molar-refractivity contribution in [2.24, 2.45) is 0 Å². The molecule has 0 bridgehead atoms. The molecule has 22 heavy (non-hydrogen) atoms. The van der Waals surface area contributed by atoms with Gasteiger partial charge in [-0.1, -0.05) is 11.3 Å². The number of anilines is 2. The fourth-order valence-corrected chi connectivity index (χ4v) is 3.50. The lowest BCUT2D eigenvalue weighted by atomic mass is 10.2. The first-order valence-corrected chi connectivity index (χ1v) is 8.53. The van der Waals surface area contributed by atoms with E-state index in [0.717, 1.165) is 50.9 Å². The van der Waals surface area contributed by atoms with Crippen molar-refractivity contribution < 1.29 is 4.74 Å². The van der Waals surface area contributed by atoms with E-state index in [0.29, 0.717) is 0 Å². The van der Waals surface area contributed by atoms with E-state index in [-0.39, 0.29) is 6.10 Å². The molecule has 0 aliphatic carbocycles. The number of aromatic nitrogens is 4. The average Bonchev–Trinajstić information content (AvgIpc) is 3.17. The highest BCUT2D eigenvalue weighted by Crippen LogP contribution is 2.32. The third-order valence-corrected chi connectivity index (χ3v) is 4.75. The van der Waals surface area contributed by atoms with Crippen LogP contribution < -0.4 is 5.32 Å². The van der Waals surface area contributed by atoms with Crippen molar-refractivity contribution in [1.82, 2.24) is 20.2 Å². The van der Waals surface area contributed by atoms with E-state index in [9.17, 15) is 0 Å². The number of nitrogens with one attached hydrogen (secondary N) is 1. The second kappa shape index (κ2) is 5.86. The summed E-state index contributed by atoms with van der Waals surface area (Å²) < 4.78 is 6.53. The van der Waals surface area contributed by atoms with E-state index in [2.05, 4.69) is 41.4 Å². The first kappa shape index (κ1) is 14.0. The SMILES string of the molecule is Brc1cnc2ccc(Nc3nnc(C4CCCO4)s3)nc2c1. The van der Waals surface area contributed by atoms with Gasteiger partial charge in [-0.2, -0.15) is 0 Å². The number of ether oxygens (including phenoxy) is 1. The number of fused-ring (bicyclic) bond motifs is 1. The molecule has 4 heterocycles. The molecular formula is C14H12BrN5OS. The van der Waals surface area contributed by atoms with Gasteiger partial charge in [0, 0.05) is 17.3 Å². The van der Waals surface area contributed by atoms with Gasteiger partial charge >= 0.3 is 0 Å². The fraction of sp³-hybridized carbons (Fsp3) is 0.286. The Labute approximate surface area is 139 Å². The first-order chi connectivity index (χ1) is 10.8. The van der Waals surface area contributed by atoms with Crippen molar-refractivity contribution in [3.05, 3.63) is 33.9 Å². The summed E-state index contributed by atoms with van der Waals surface area (Å²) in [5.41, 5.74) is 1.68. The Morgan fingerprint density at radius 2 is 2.23 bits per heavy atom. The zero-order chi connectivity index (χ0) is 14.9. The van der Waals surface area contributed by atoms with E-state index in [1.807, 2.05) is 18.2 Å². The molecule has 1 fully saturated rings. The van der Waals surface area contributed by atoms with Crippen LogP contribution in [0.25, 0.3) is 11.0 Å². The quantitative estimate of drug-likeness (QED) is 0.747. The summed E-state index contributed by atoms with van der Waals surface area (Å²) in [5, 5.41) is 13.2. The minimum absolute atomic E-state index is 0.0952. The van der Waals surface area contributed by atoms with Crippen LogP contribution in [0.15, 0.2) is 28.9 Å². The van der Waals surface area contributed by atoms with E-state index < -0.39 is 0 Å². The van der Waals surface area contributed by atoms with Crippen LogP contribution in [-0.4, -0.2) is 26.8 Å². The molecule has 1 saturated heterocycles. The van der Waals surface area contributed by atoms with E-state index >= 15 is 0 Å². The summed E-state index contributed by atoms with van der Waals surface area (Å²) in [4.78, 5) is 8.85.